The maximum Gasteiger partial charge on any atom is 0.409 e. The van der Waals surface area contributed by atoms with Gasteiger partial charge in [0.1, 0.15) is 0 Å². The third-order valence-electron chi connectivity index (χ3n) is 4.01. The number of rotatable bonds is 5. The number of nitrogens with zero attached hydrogens (tertiary/aromatic N) is 2. The van der Waals surface area contributed by atoms with Gasteiger partial charge in [0.25, 0.3) is 0 Å². The Hall–Kier alpha value is -2.84. The fraction of sp³-hybridized carbons (Fsp3) is 0.529. The molecule has 1 heterocycles. The van der Waals surface area contributed by atoms with E-state index in [9.17, 15) is 9.59 Å². The standard InChI is InChI=1S/C17H25N3O6/c1-5-26-17(22)20-8-6-19(7-9-20)16(21)18-12-10-13(23-2)15(25-4)14(11-12)24-3/h10-11H,5-9H2,1-4H3,(H,18,21). The predicted molar refractivity (Wildman–Crippen MR) is 95.3 cm³/mol. The number of carbonyl (C=O) groups is 2. The lowest BCUT2D eigenvalue weighted by molar-refractivity contribution is 0.0868. The molecule has 0 unspecified atom stereocenters. The molecule has 0 aromatic heterocycles. The van der Waals surface area contributed by atoms with Gasteiger partial charge in [-0.2, -0.15) is 0 Å². The van der Waals surface area contributed by atoms with E-state index >= 15 is 0 Å². The molecule has 26 heavy (non-hydrogen) atoms. The van der Waals surface area contributed by atoms with Gasteiger partial charge in [-0.05, 0) is 6.92 Å². The van der Waals surface area contributed by atoms with Crippen molar-refractivity contribution in [3.8, 4) is 17.2 Å². The summed E-state index contributed by atoms with van der Waals surface area (Å²) in [5, 5.41) is 2.82. The smallest absolute Gasteiger partial charge is 0.409 e. The van der Waals surface area contributed by atoms with E-state index < -0.39 is 0 Å². The molecule has 0 atom stereocenters. The molecule has 144 valence electrons. The highest BCUT2D eigenvalue weighted by Crippen LogP contribution is 2.39. The summed E-state index contributed by atoms with van der Waals surface area (Å²) in [6, 6.07) is 3.06. The zero-order valence-corrected chi connectivity index (χ0v) is 15.5. The van der Waals surface area contributed by atoms with Crippen LogP contribution in [0.15, 0.2) is 12.1 Å². The van der Waals surface area contributed by atoms with E-state index in [-0.39, 0.29) is 12.1 Å². The molecule has 1 aromatic carbocycles. The highest BCUT2D eigenvalue weighted by molar-refractivity contribution is 5.90. The van der Waals surface area contributed by atoms with E-state index in [0.717, 1.165) is 0 Å². The van der Waals surface area contributed by atoms with Crippen LogP contribution in [0.1, 0.15) is 6.92 Å². The molecule has 0 aliphatic carbocycles. The van der Waals surface area contributed by atoms with Gasteiger partial charge < -0.3 is 34.1 Å². The maximum absolute atomic E-state index is 12.5. The van der Waals surface area contributed by atoms with Crippen LogP contribution in [0.4, 0.5) is 15.3 Å². The normalized spacial score (nSPS) is 13.8. The Labute approximate surface area is 152 Å². The molecule has 1 aromatic rings. The van der Waals surface area contributed by atoms with Crippen LogP contribution in [0.25, 0.3) is 0 Å². The van der Waals surface area contributed by atoms with E-state index in [1.165, 1.54) is 21.3 Å². The summed E-state index contributed by atoms with van der Waals surface area (Å²) in [7, 11) is 4.54. The SMILES string of the molecule is CCOC(=O)N1CCN(C(=O)Nc2cc(OC)c(OC)c(OC)c2)CC1. The molecule has 0 saturated carbocycles. The minimum atomic E-state index is -0.350. The summed E-state index contributed by atoms with van der Waals surface area (Å²) in [4.78, 5) is 27.4. The molecule has 1 saturated heterocycles. The number of ether oxygens (including phenoxy) is 4. The summed E-state index contributed by atoms with van der Waals surface area (Å²) >= 11 is 0. The minimum absolute atomic E-state index is 0.261. The number of amides is 3. The molecule has 3 amide bonds. The van der Waals surface area contributed by atoms with Crippen LogP contribution in [0.3, 0.4) is 0 Å². The summed E-state index contributed by atoms with van der Waals surface area (Å²) in [5.41, 5.74) is 0.525. The second kappa shape index (κ2) is 9.02. The minimum Gasteiger partial charge on any atom is -0.493 e. The van der Waals surface area contributed by atoms with Crippen LogP contribution in [-0.2, 0) is 4.74 Å². The zero-order valence-electron chi connectivity index (χ0n) is 15.5. The molecule has 0 radical (unpaired) electrons. The van der Waals surface area contributed by atoms with Crippen LogP contribution in [0, 0.1) is 0 Å². The Morgan fingerprint density at radius 2 is 1.50 bits per heavy atom. The van der Waals surface area contributed by atoms with Gasteiger partial charge in [0, 0.05) is 38.3 Å². The maximum atomic E-state index is 12.5. The first-order valence-electron chi connectivity index (χ1n) is 8.31. The van der Waals surface area contributed by atoms with Crippen molar-refractivity contribution in [1.82, 2.24) is 9.80 Å². The molecule has 1 aliphatic rings. The van der Waals surface area contributed by atoms with Crippen molar-refractivity contribution in [2.45, 2.75) is 6.92 Å². The molecule has 2 rings (SSSR count). The largest absolute Gasteiger partial charge is 0.493 e. The Balaban J connectivity index is 2.01. The number of nitrogens with one attached hydrogen (secondary N) is 1. The van der Waals surface area contributed by atoms with Gasteiger partial charge in [-0.15, -0.1) is 0 Å². The van der Waals surface area contributed by atoms with E-state index in [1.54, 1.807) is 28.9 Å². The van der Waals surface area contributed by atoms with Crippen molar-refractivity contribution in [1.29, 1.82) is 0 Å². The highest BCUT2D eigenvalue weighted by atomic mass is 16.6. The number of carbonyl (C=O) groups excluding carboxylic acids is 2. The average Bonchev–Trinajstić information content (AvgIpc) is 2.67. The molecule has 1 N–H and O–H groups in total. The van der Waals surface area contributed by atoms with Crippen molar-refractivity contribution in [2.75, 3.05) is 59.4 Å². The summed E-state index contributed by atoms with van der Waals surface area (Å²) in [6.45, 7) is 3.81. The molecule has 0 bridgehead atoms. The topological polar surface area (TPSA) is 89.6 Å². The Kier molecular flexibility index (Phi) is 6.76. The summed E-state index contributed by atoms with van der Waals surface area (Å²) in [6.07, 6.45) is -0.350. The van der Waals surface area contributed by atoms with Gasteiger partial charge in [-0.25, -0.2) is 9.59 Å². The highest BCUT2D eigenvalue weighted by Gasteiger charge is 2.25. The summed E-state index contributed by atoms with van der Waals surface area (Å²) in [5.74, 6) is 1.36. The van der Waals surface area contributed by atoms with Crippen LogP contribution in [0.2, 0.25) is 0 Å². The molecular formula is C17H25N3O6. The monoisotopic (exact) mass is 367 g/mol. The number of hydrogen-bond donors (Lipinski definition) is 1. The lowest BCUT2D eigenvalue weighted by Gasteiger charge is -2.34. The van der Waals surface area contributed by atoms with E-state index in [2.05, 4.69) is 5.32 Å². The first kappa shape index (κ1) is 19.5. The van der Waals surface area contributed by atoms with Gasteiger partial charge in [0.2, 0.25) is 5.75 Å². The quantitative estimate of drug-likeness (QED) is 0.856. The van der Waals surface area contributed by atoms with Crippen LogP contribution in [-0.4, -0.2) is 76.0 Å². The Morgan fingerprint density at radius 1 is 0.962 bits per heavy atom. The fourth-order valence-electron chi connectivity index (χ4n) is 2.66. The molecular weight excluding hydrogens is 342 g/mol. The van der Waals surface area contributed by atoms with Crippen LogP contribution < -0.4 is 19.5 Å². The number of methoxy groups -OCH3 is 3. The van der Waals surface area contributed by atoms with Gasteiger partial charge in [-0.3, -0.25) is 0 Å². The van der Waals surface area contributed by atoms with Crippen molar-refractivity contribution in [3.05, 3.63) is 12.1 Å². The predicted octanol–water partition coefficient (Wildman–Crippen LogP) is 2.02. The third kappa shape index (κ3) is 4.41. The first-order valence-corrected chi connectivity index (χ1v) is 8.31. The lowest BCUT2D eigenvalue weighted by atomic mass is 10.2. The number of anilines is 1. The summed E-state index contributed by atoms with van der Waals surface area (Å²) < 4.78 is 20.8. The molecule has 1 aliphatic heterocycles. The molecule has 9 heteroatoms. The fourth-order valence-corrected chi connectivity index (χ4v) is 2.66. The lowest BCUT2D eigenvalue weighted by Crippen LogP contribution is -2.51. The van der Waals surface area contributed by atoms with E-state index in [4.69, 9.17) is 18.9 Å². The van der Waals surface area contributed by atoms with E-state index in [0.29, 0.717) is 55.7 Å². The zero-order chi connectivity index (χ0) is 19.1. The molecule has 9 nitrogen and oxygen atoms in total. The van der Waals surface area contributed by atoms with Crippen molar-refractivity contribution in [2.24, 2.45) is 0 Å². The van der Waals surface area contributed by atoms with Crippen molar-refractivity contribution >= 4 is 17.8 Å². The number of urea groups is 1. The Morgan fingerprint density at radius 3 is 1.96 bits per heavy atom. The molecule has 0 spiro atoms. The van der Waals surface area contributed by atoms with Gasteiger partial charge in [-0.1, -0.05) is 0 Å². The Bertz CT molecular complexity index is 618. The second-order valence-corrected chi connectivity index (χ2v) is 5.52. The van der Waals surface area contributed by atoms with Crippen molar-refractivity contribution < 1.29 is 28.5 Å². The number of hydrogen-bond acceptors (Lipinski definition) is 6. The first-order chi connectivity index (χ1) is 12.5. The van der Waals surface area contributed by atoms with Gasteiger partial charge in [0.15, 0.2) is 11.5 Å². The number of benzene rings is 1. The van der Waals surface area contributed by atoms with Gasteiger partial charge >= 0.3 is 12.1 Å². The van der Waals surface area contributed by atoms with Crippen LogP contribution >= 0.6 is 0 Å². The van der Waals surface area contributed by atoms with E-state index in [1.807, 2.05) is 0 Å². The third-order valence-corrected chi connectivity index (χ3v) is 4.01. The number of piperazine rings is 1. The molecule has 1 fully saturated rings. The van der Waals surface area contributed by atoms with Crippen LogP contribution in [0.5, 0.6) is 17.2 Å². The van der Waals surface area contributed by atoms with Gasteiger partial charge in [0.05, 0.1) is 33.6 Å². The second-order valence-electron chi connectivity index (χ2n) is 5.52. The van der Waals surface area contributed by atoms with Crippen molar-refractivity contribution in [3.63, 3.8) is 0 Å². The average molecular weight is 367 g/mol.